The summed E-state index contributed by atoms with van der Waals surface area (Å²) >= 11 is 5.98. The molecule has 0 heterocycles. The Morgan fingerprint density at radius 2 is 1.84 bits per heavy atom. The van der Waals surface area contributed by atoms with E-state index in [-0.39, 0.29) is 16.9 Å². The van der Waals surface area contributed by atoms with Gasteiger partial charge in [0.2, 0.25) is 0 Å². The van der Waals surface area contributed by atoms with Crippen molar-refractivity contribution >= 4 is 11.6 Å². The van der Waals surface area contributed by atoms with Gasteiger partial charge in [-0.15, -0.1) is 0 Å². The van der Waals surface area contributed by atoms with E-state index in [0.29, 0.717) is 16.7 Å². The topological polar surface area (TPSA) is 12.0 Å². The highest BCUT2D eigenvalue weighted by molar-refractivity contribution is 6.31. The number of aryl methyl sites for hydroxylation is 1. The molecule has 19 heavy (non-hydrogen) atoms. The number of hydrogen-bond acceptors (Lipinski definition) is 1. The number of hydrogen-bond donors (Lipinski definition) is 1. The first-order valence-electron chi connectivity index (χ1n) is 5.92. The summed E-state index contributed by atoms with van der Waals surface area (Å²) in [5, 5.41) is 3.09. The average Bonchev–Trinajstić information content (AvgIpc) is 2.39. The highest BCUT2D eigenvalue weighted by atomic mass is 35.5. The highest BCUT2D eigenvalue weighted by Gasteiger charge is 2.18. The Kier molecular flexibility index (Phi) is 4.17. The van der Waals surface area contributed by atoms with Crippen molar-refractivity contribution in [1.29, 1.82) is 0 Å². The maximum atomic E-state index is 13.6. The first kappa shape index (κ1) is 14.0. The quantitative estimate of drug-likeness (QED) is 0.887. The van der Waals surface area contributed by atoms with Crippen LogP contribution in [0.4, 0.5) is 8.78 Å². The fourth-order valence-corrected chi connectivity index (χ4v) is 2.27. The zero-order chi connectivity index (χ0) is 14.0. The Balaban J connectivity index is 2.50. The molecule has 1 atom stereocenters. The number of benzene rings is 2. The van der Waals surface area contributed by atoms with E-state index in [2.05, 4.69) is 5.32 Å². The Labute approximate surface area is 116 Å². The molecule has 2 aromatic rings. The van der Waals surface area contributed by atoms with Gasteiger partial charge in [-0.3, -0.25) is 0 Å². The molecule has 1 nitrogen and oxygen atoms in total. The Morgan fingerprint density at radius 1 is 1.11 bits per heavy atom. The maximum absolute atomic E-state index is 13.6. The first-order valence-corrected chi connectivity index (χ1v) is 6.29. The van der Waals surface area contributed by atoms with Gasteiger partial charge < -0.3 is 5.32 Å². The van der Waals surface area contributed by atoms with Crippen LogP contribution >= 0.6 is 11.6 Å². The fourth-order valence-electron chi connectivity index (χ4n) is 2.03. The Bertz CT molecular complexity index is 599. The van der Waals surface area contributed by atoms with E-state index in [4.69, 9.17) is 11.6 Å². The summed E-state index contributed by atoms with van der Waals surface area (Å²) in [4.78, 5) is 0. The average molecular weight is 282 g/mol. The van der Waals surface area contributed by atoms with Gasteiger partial charge in [0.1, 0.15) is 11.6 Å². The molecule has 2 rings (SSSR count). The summed E-state index contributed by atoms with van der Waals surface area (Å²) in [6.45, 7) is 1.70. The maximum Gasteiger partial charge on any atom is 0.142 e. The lowest BCUT2D eigenvalue weighted by Gasteiger charge is -2.19. The summed E-state index contributed by atoms with van der Waals surface area (Å²) in [6.07, 6.45) is 0. The third-order valence-electron chi connectivity index (χ3n) is 3.11. The number of halogens is 3. The molecule has 0 saturated heterocycles. The van der Waals surface area contributed by atoms with E-state index in [1.807, 2.05) is 0 Å². The molecule has 2 aromatic carbocycles. The van der Waals surface area contributed by atoms with E-state index < -0.39 is 5.82 Å². The molecule has 0 aromatic heterocycles. The van der Waals surface area contributed by atoms with Gasteiger partial charge in [0.25, 0.3) is 0 Å². The normalized spacial score (nSPS) is 12.5. The van der Waals surface area contributed by atoms with Crippen molar-refractivity contribution in [1.82, 2.24) is 5.32 Å². The van der Waals surface area contributed by atoms with Crippen LogP contribution in [0.3, 0.4) is 0 Å². The van der Waals surface area contributed by atoms with E-state index in [1.165, 1.54) is 12.1 Å². The van der Waals surface area contributed by atoms with Gasteiger partial charge in [0.15, 0.2) is 0 Å². The van der Waals surface area contributed by atoms with Gasteiger partial charge >= 0.3 is 0 Å². The Hall–Kier alpha value is -1.45. The van der Waals surface area contributed by atoms with E-state index in [9.17, 15) is 8.78 Å². The first-order chi connectivity index (χ1) is 9.04. The molecule has 0 aliphatic rings. The molecule has 0 radical (unpaired) electrons. The molecule has 100 valence electrons. The zero-order valence-corrected chi connectivity index (χ0v) is 11.4. The van der Waals surface area contributed by atoms with Gasteiger partial charge in [-0.05, 0) is 42.8 Å². The van der Waals surface area contributed by atoms with Gasteiger partial charge in [-0.25, -0.2) is 8.78 Å². The summed E-state index contributed by atoms with van der Waals surface area (Å²) in [5.74, 6) is -0.766. The van der Waals surface area contributed by atoms with Crippen LogP contribution in [0.1, 0.15) is 22.7 Å². The lowest BCUT2D eigenvalue weighted by molar-refractivity contribution is 0.603. The van der Waals surface area contributed by atoms with Crippen LogP contribution in [-0.2, 0) is 0 Å². The molecule has 0 amide bonds. The summed E-state index contributed by atoms with van der Waals surface area (Å²) < 4.78 is 27.1. The highest BCUT2D eigenvalue weighted by Crippen LogP contribution is 2.30. The van der Waals surface area contributed by atoms with Gasteiger partial charge in [-0.1, -0.05) is 35.9 Å². The molecular formula is C15H14ClF2N. The van der Waals surface area contributed by atoms with Crippen molar-refractivity contribution in [2.75, 3.05) is 7.05 Å². The van der Waals surface area contributed by atoms with Crippen LogP contribution in [0.5, 0.6) is 0 Å². The smallest absolute Gasteiger partial charge is 0.142 e. The van der Waals surface area contributed by atoms with Gasteiger partial charge in [-0.2, -0.15) is 0 Å². The van der Waals surface area contributed by atoms with E-state index in [1.54, 1.807) is 38.2 Å². The van der Waals surface area contributed by atoms with Gasteiger partial charge in [0, 0.05) is 0 Å². The van der Waals surface area contributed by atoms with Crippen molar-refractivity contribution in [3.05, 3.63) is 69.7 Å². The monoisotopic (exact) mass is 281 g/mol. The lowest BCUT2D eigenvalue weighted by atomic mass is 9.97. The number of nitrogens with one attached hydrogen (secondary N) is 1. The van der Waals surface area contributed by atoms with E-state index in [0.717, 1.165) is 0 Å². The van der Waals surface area contributed by atoms with Crippen LogP contribution < -0.4 is 5.32 Å². The van der Waals surface area contributed by atoms with Crippen molar-refractivity contribution in [3.63, 3.8) is 0 Å². The van der Waals surface area contributed by atoms with Crippen molar-refractivity contribution < 1.29 is 8.78 Å². The third kappa shape index (κ3) is 2.77. The molecule has 0 bridgehead atoms. The van der Waals surface area contributed by atoms with Gasteiger partial charge in [0.05, 0.1) is 11.1 Å². The van der Waals surface area contributed by atoms with Crippen LogP contribution in [0.2, 0.25) is 5.02 Å². The second kappa shape index (κ2) is 5.68. The summed E-state index contributed by atoms with van der Waals surface area (Å²) in [5.41, 5.74) is 1.87. The lowest BCUT2D eigenvalue weighted by Crippen LogP contribution is -2.18. The van der Waals surface area contributed by atoms with E-state index >= 15 is 0 Å². The van der Waals surface area contributed by atoms with Crippen molar-refractivity contribution in [2.24, 2.45) is 0 Å². The van der Waals surface area contributed by atoms with Crippen LogP contribution in [-0.4, -0.2) is 7.05 Å². The molecule has 1 unspecified atom stereocenters. The predicted octanol–water partition coefficient (Wildman–Crippen LogP) is 4.24. The second-order valence-corrected chi connectivity index (χ2v) is 4.75. The molecule has 0 aliphatic carbocycles. The van der Waals surface area contributed by atoms with Crippen LogP contribution in [0.15, 0.2) is 36.4 Å². The molecule has 0 spiro atoms. The minimum Gasteiger partial charge on any atom is -0.309 e. The number of rotatable bonds is 3. The Morgan fingerprint density at radius 3 is 2.47 bits per heavy atom. The van der Waals surface area contributed by atoms with Crippen LogP contribution in [0, 0.1) is 18.6 Å². The molecule has 0 fully saturated rings. The zero-order valence-electron chi connectivity index (χ0n) is 10.7. The second-order valence-electron chi connectivity index (χ2n) is 4.37. The third-order valence-corrected chi connectivity index (χ3v) is 3.51. The van der Waals surface area contributed by atoms with Crippen molar-refractivity contribution in [2.45, 2.75) is 13.0 Å². The van der Waals surface area contributed by atoms with Crippen LogP contribution in [0.25, 0.3) is 0 Å². The minimum atomic E-state index is -0.480. The molecule has 4 heteroatoms. The van der Waals surface area contributed by atoms with Crippen molar-refractivity contribution in [3.8, 4) is 0 Å². The summed E-state index contributed by atoms with van der Waals surface area (Å²) in [7, 11) is 1.73. The minimum absolute atomic E-state index is 0.0582. The molecule has 1 N–H and O–H groups in total. The SMILES string of the molecule is CNC(c1ccc(C)c(F)c1)c1cccc(F)c1Cl. The molecule has 0 aliphatic heterocycles. The fraction of sp³-hybridized carbons (Fsp3) is 0.200. The standard InChI is InChI=1S/C15H14ClF2N/c1-9-6-7-10(8-13(9)18)15(19-2)11-4-3-5-12(17)14(11)16/h3-8,15,19H,1-2H3. The molecular weight excluding hydrogens is 268 g/mol. The largest absolute Gasteiger partial charge is 0.309 e. The predicted molar refractivity (Wildman–Crippen MR) is 73.4 cm³/mol. The molecule has 0 saturated carbocycles. The summed E-state index contributed by atoms with van der Waals surface area (Å²) in [6, 6.07) is 9.21.